The lowest BCUT2D eigenvalue weighted by atomic mass is 10.1. The third kappa shape index (κ3) is 3.72. The van der Waals surface area contributed by atoms with Crippen molar-refractivity contribution in [3.8, 4) is 0 Å². The largest absolute Gasteiger partial charge is 0.477 e. The maximum Gasteiger partial charge on any atom is 0.341 e. The van der Waals surface area contributed by atoms with Crippen molar-refractivity contribution in [2.75, 3.05) is 37.6 Å². The molecule has 2 aromatic rings. The van der Waals surface area contributed by atoms with E-state index in [1.165, 1.54) is 6.20 Å². The average molecular weight is 415 g/mol. The summed E-state index contributed by atoms with van der Waals surface area (Å²) in [5.74, 6) is -2.55. The van der Waals surface area contributed by atoms with E-state index >= 15 is 0 Å². The zero-order chi connectivity index (χ0) is 21.4. The first-order valence-corrected chi connectivity index (χ1v) is 9.92. The van der Waals surface area contributed by atoms with Gasteiger partial charge in [-0.15, -0.1) is 0 Å². The number of aromatic carboxylic acids is 1. The lowest BCUT2D eigenvalue weighted by molar-refractivity contribution is -0.120. The van der Waals surface area contributed by atoms with Gasteiger partial charge in [0.15, 0.2) is 0 Å². The number of carboxylic acid groups (broad SMARTS) is 1. The Morgan fingerprint density at radius 3 is 2.40 bits per heavy atom. The van der Waals surface area contributed by atoms with E-state index in [0.717, 1.165) is 18.9 Å². The molecule has 4 rings (SSSR count). The van der Waals surface area contributed by atoms with Crippen LogP contribution in [0.25, 0.3) is 10.9 Å². The molecular formula is C21H22FN3O5. The van der Waals surface area contributed by atoms with Gasteiger partial charge in [-0.05, 0) is 25.0 Å². The second kappa shape index (κ2) is 7.98. The lowest BCUT2D eigenvalue weighted by Crippen LogP contribution is -2.48. The van der Waals surface area contributed by atoms with E-state index in [0.29, 0.717) is 56.5 Å². The minimum Gasteiger partial charge on any atom is -0.477 e. The fourth-order valence-electron chi connectivity index (χ4n) is 4.00. The minimum atomic E-state index is -1.32. The molecule has 158 valence electrons. The molecule has 1 saturated heterocycles. The summed E-state index contributed by atoms with van der Waals surface area (Å²) >= 11 is 0. The van der Waals surface area contributed by atoms with E-state index in [1.54, 1.807) is 10.6 Å². The Bertz CT molecular complexity index is 1060. The van der Waals surface area contributed by atoms with Gasteiger partial charge in [0.2, 0.25) is 5.43 Å². The van der Waals surface area contributed by atoms with Gasteiger partial charge in [-0.25, -0.2) is 9.18 Å². The Kier molecular flexibility index (Phi) is 5.38. The van der Waals surface area contributed by atoms with Crippen LogP contribution in [0.15, 0.2) is 23.1 Å². The number of benzene rings is 1. The highest BCUT2D eigenvalue weighted by Crippen LogP contribution is 2.38. The Labute approximate surface area is 171 Å². The topological polar surface area (TPSA) is 99.9 Å². The molecule has 1 aliphatic carbocycles. The summed E-state index contributed by atoms with van der Waals surface area (Å²) in [6, 6.07) is 2.88. The second-order valence-corrected chi connectivity index (χ2v) is 7.86. The smallest absolute Gasteiger partial charge is 0.341 e. The van der Waals surface area contributed by atoms with E-state index in [2.05, 4.69) is 0 Å². The van der Waals surface area contributed by atoms with Crippen LogP contribution < -0.4 is 10.3 Å². The molecule has 0 bridgehead atoms. The molecule has 30 heavy (non-hydrogen) atoms. The molecule has 9 heteroatoms. The fraction of sp³-hybridized carbons (Fsp3) is 0.429. The summed E-state index contributed by atoms with van der Waals surface area (Å²) in [6.45, 7) is 2.51. The van der Waals surface area contributed by atoms with Crippen LogP contribution in [-0.4, -0.2) is 65.8 Å². The van der Waals surface area contributed by atoms with Crippen molar-refractivity contribution < 1.29 is 23.9 Å². The van der Waals surface area contributed by atoms with Crippen LogP contribution in [0.4, 0.5) is 10.1 Å². The SMILES string of the molecule is O=CC(C=O)CN1CCN(c2cc3c(cc2F)c(=O)c(C(=O)O)cn3C2CC2)CC1. The molecule has 1 aromatic carbocycles. The van der Waals surface area contributed by atoms with E-state index < -0.39 is 23.1 Å². The van der Waals surface area contributed by atoms with Crippen molar-refractivity contribution >= 4 is 35.1 Å². The first-order valence-electron chi connectivity index (χ1n) is 9.92. The van der Waals surface area contributed by atoms with Crippen molar-refractivity contribution in [1.29, 1.82) is 0 Å². The van der Waals surface area contributed by atoms with Gasteiger partial charge in [-0.1, -0.05) is 0 Å². The molecule has 0 radical (unpaired) electrons. The molecule has 0 atom stereocenters. The second-order valence-electron chi connectivity index (χ2n) is 7.86. The van der Waals surface area contributed by atoms with E-state index in [9.17, 15) is 28.7 Å². The Morgan fingerprint density at radius 2 is 1.83 bits per heavy atom. The van der Waals surface area contributed by atoms with Gasteiger partial charge in [0, 0.05) is 50.3 Å². The number of aldehydes is 2. The van der Waals surface area contributed by atoms with Crippen LogP contribution in [-0.2, 0) is 9.59 Å². The average Bonchev–Trinajstić information content (AvgIpc) is 3.58. The van der Waals surface area contributed by atoms with Crippen LogP contribution in [0.2, 0.25) is 0 Å². The standard InChI is InChI=1S/C21H22FN3O5/c22-17-7-15-18(25(14-1-2-14)10-16(20(15)28)21(29)30)8-19(17)24-5-3-23(4-6-24)9-13(11-26)12-27/h7-8,10-14H,1-6,9H2,(H,29,30). The number of piperazine rings is 1. The molecule has 8 nitrogen and oxygen atoms in total. The third-order valence-corrected chi connectivity index (χ3v) is 5.80. The van der Waals surface area contributed by atoms with Gasteiger partial charge < -0.3 is 24.2 Å². The quantitative estimate of drug-likeness (QED) is 0.538. The van der Waals surface area contributed by atoms with Crippen molar-refractivity contribution in [2.45, 2.75) is 18.9 Å². The van der Waals surface area contributed by atoms with Gasteiger partial charge in [0.05, 0.1) is 17.1 Å². The Morgan fingerprint density at radius 1 is 1.17 bits per heavy atom. The number of halogens is 1. The minimum absolute atomic E-state index is 0.0708. The summed E-state index contributed by atoms with van der Waals surface area (Å²) in [6.07, 6.45) is 4.40. The molecule has 0 unspecified atom stereocenters. The van der Waals surface area contributed by atoms with Crippen LogP contribution in [0.5, 0.6) is 0 Å². The number of rotatable bonds is 7. The highest BCUT2D eigenvalue weighted by Gasteiger charge is 2.28. The first-order chi connectivity index (χ1) is 14.4. The molecular weight excluding hydrogens is 393 g/mol. The summed E-state index contributed by atoms with van der Waals surface area (Å²) in [5, 5.41) is 9.41. The fourth-order valence-corrected chi connectivity index (χ4v) is 4.00. The summed E-state index contributed by atoms with van der Waals surface area (Å²) in [7, 11) is 0. The van der Waals surface area contributed by atoms with E-state index in [4.69, 9.17) is 0 Å². The molecule has 0 spiro atoms. The number of fused-ring (bicyclic) bond motifs is 1. The summed E-state index contributed by atoms with van der Waals surface area (Å²) in [5.41, 5.74) is -0.136. The summed E-state index contributed by atoms with van der Waals surface area (Å²) in [4.78, 5) is 49.6. The third-order valence-electron chi connectivity index (χ3n) is 5.80. The number of carbonyl (C=O) groups is 3. The predicted octanol–water partition coefficient (Wildman–Crippen LogP) is 1.31. The maximum atomic E-state index is 14.9. The molecule has 2 fully saturated rings. The first kappa shape index (κ1) is 20.2. The number of carboxylic acids is 1. The molecule has 0 amide bonds. The number of aromatic nitrogens is 1. The van der Waals surface area contributed by atoms with E-state index in [-0.39, 0.29) is 17.0 Å². The monoisotopic (exact) mass is 415 g/mol. The van der Waals surface area contributed by atoms with Crippen LogP contribution in [0.1, 0.15) is 29.2 Å². The number of nitrogens with zero attached hydrogens (tertiary/aromatic N) is 3. The lowest BCUT2D eigenvalue weighted by Gasteiger charge is -2.36. The molecule has 1 saturated carbocycles. The molecule has 1 aliphatic heterocycles. The van der Waals surface area contributed by atoms with Gasteiger partial charge in [0.1, 0.15) is 24.0 Å². The molecule has 2 heterocycles. The van der Waals surface area contributed by atoms with Gasteiger partial charge >= 0.3 is 5.97 Å². The van der Waals surface area contributed by atoms with Crippen molar-refractivity contribution in [1.82, 2.24) is 9.47 Å². The zero-order valence-electron chi connectivity index (χ0n) is 16.3. The number of anilines is 1. The number of hydrogen-bond acceptors (Lipinski definition) is 6. The van der Waals surface area contributed by atoms with Gasteiger partial charge in [0.25, 0.3) is 0 Å². The maximum absolute atomic E-state index is 14.9. The summed E-state index contributed by atoms with van der Waals surface area (Å²) < 4.78 is 16.7. The number of carbonyl (C=O) groups excluding carboxylic acids is 2. The highest BCUT2D eigenvalue weighted by atomic mass is 19.1. The van der Waals surface area contributed by atoms with Crippen LogP contribution in [0, 0.1) is 11.7 Å². The van der Waals surface area contributed by atoms with Gasteiger partial charge in [-0.3, -0.25) is 9.69 Å². The normalized spacial score (nSPS) is 17.5. The Balaban J connectivity index is 1.65. The highest BCUT2D eigenvalue weighted by molar-refractivity contribution is 5.93. The molecule has 1 N–H and O–H groups in total. The van der Waals surface area contributed by atoms with Gasteiger partial charge in [-0.2, -0.15) is 0 Å². The number of hydrogen-bond donors (Lipinski definition) is 1. The van der Waals surface area contributed by atoms with Crippen LogP contribution in [0.3, 0.4) is 0 Å². The van der Waals surface area contributed by atoms with E-state index in [1.807, 2.05) is 9.80 Å². The van der Waals surface area contributed by atoms with Crippen LogP contribution >= 0.6 is 0 Å². The van der Waals surface area contributed by atoms with Crippen molar-refractivity contribution in [3.05, 3.63) is 39.9 Å². The van der Waals surface area contributed by atoms with Crippen molar-refractivity contribution in [2.24, 2.45) is 5.92 Å². The zero-order valence-corrected chi connectivity index (χ0v) is 16.3. The molecule has 2 aliphatic rings. The predicted molar refractivity (Wildman–Crippen MR) is 108 cm³/mol. The van der Waals surface area contributed by atoms with Crippen molar-refractivity contribution in [3.63, 3.8) is 0 Å². The number of pyridine rings is 1. The molecule has 1 aromatic heterocycles. The Hall–Kier alpha value is -3.07.